The molecule has 0 spiro atoms. The second-order valence-corrected chi connectivity index (χ2v) is 8.73. The van der Waals surface area contributed by atoms with Crippen molar-refractivity contribution in [3.63, 3.8) is 0 Å². The van der Waals surface area contributed by atoms with Gasteiger partial charge in [-0.3, -0.25) is 9.59 Å². The summed E-state index contributed by atoms with van der Waals surface area (Å²) in [6.45, 7) is 5.95. The molecule has 0 fully saturated rings. The van der Waals surface area contributed by atoms with Gasteiger partial charge in [0.15, 0.2) is 5.69 Å². The Bertz CT molecular complexity index is 1000. The van der Waals surface area contributed by atoms with Gasteiger partial charge < -0.3 is 15.0 Å². The number of carbonyl (C=O) groups excluding carboxylic acids is 2. The first-order chi connectivity index (χ1) is 14.8. The molecule has 1 aromatic heterocycles. The third-order valence-corrected chi connectivity index (χ3v) is 5.03. The van der Waals surface area contributed by atoms with Gasteiger partial charge >= 0.3 is 0 Å². The lowest BCUT2D eigenvalue weighted by atomic mass is 10.0. The van der Waals surface area contributed by atoms with Gasteiger partial charge in [-0.25, -0.2) is 0 Å². The Morgan fingerprint density at radius 3 is 2.32 bits per heavy atom. The molecule has 0 bridgehead atoms. The maximum Gasteiger partial charge on any atom is 0.276 e. The standard InChI is InChI=1S/C23H26N4O3S/c1-23(2,3)24-21(28)20(17-8-6-5-7-9-17)27(22(29)19-15-31-26-25-19)14-16-10-12-18(30-4)13-11-16/h5-13,15,20H,14H2,1-4H3,(H,24,28)/t20-/m1/s1. The van der Waals surface area contributed by atoms with E-state index < -0.39 is 11.6 Å². The van der Waals surface area contributed by atoms with Crippen molar-refractivity contribution < 1.29 is 14.3 Å². The number of hydrogen-bond donors (Lipinski definition) is 1. The summed E-state index contributed by atoms with van der Waals surface area (Å²) in [5, 5.41) is 8.55. The van der Waals surface area contributed by atoms with Gasteiger partial charge in [0.05, 0.1) is 7.11 Å². The van der Waals surface area contributed by atoms with Crippen LogP contribution in [0.15, 0.2) is 60.0 Å². The molecule has 2 amide bonds. The lowest BCUT2D eigenvalue weighted by Gasteiger charge is -2.33. The molecule has 0 unspecified atom stereocenters. The molecular formula is C23H26N4O3S. The Labute approximate surface area is 186 Å². The van der Waals surface area contributed by atoms with Gasteiger partial charge in [0.2, 0.25) is 5.91 Å². The monoisotopic (exact) mass is 438 g/mol. The molecular weight excluding hydrogens is 412 g/mol. The van der Waals surface area contributed by atoms with Crippen molar-refractivity contribution >= 4 is 23.3 Å². The molecule has 0 saturated heterocycles. The van der Waals surface area contributed by atoms with E-state index >= 15 is 0 Å². The molecule has 0 aliphatic carbocycles. The lowest BCUT2D eigenvalue weighted by Crippen LogP contribution is -2.49. The molecule has 31 heavy (non-hydrogen) atoms. The zero-order valence-electron chi connectivity index (χ0n) is 18.0. The molecule has 1 heterocycles. The number of benzene rings is 2. The fourth-order valence-corrected chi connectivity index (χ4v) is 3.59. The maximum atomic E-state index is 13.4. The van der Waals surface area contributed by atoms with Crippen LogP contribution in [0.2, 0.25) is 0 Å². The number of rotatable bonds is 7. The van der Waals surface area contributed by atoms with Crippen molar-refractivity contribution in [1.29, 1.82) is 0 Å². The van der Waals surface area contributed by atoms with Gasteiger partial charge in [0, 0.05) is 17.5 Å². The Morgan fingerprint density at radius 2 is 1.77 bits per heavy atom. The quantitative estimate of drug-likeness (QED) is 0.606. The molecule has 7 nitrogen and oxygen atoms in total. The smallest absolute Gasteiger partial charge is 0.276 e. The first-order valence-electron chi connectivity index (χ1n) is 9.86. The van der Waals surface area contributed by atoms with Gasteiger partial charge in [-0.15, -0.1) is 5.10 Å². The average Bonchev–Trinajstić information content (AvgIpc) is 3.28. The Kier molecular flexibility index (Phi) is 7.02. The largest absolute Gasteiger partial charge is 0.497 e. The highest BCUT2D eigenvalue weighted by Gasteiger charge is 2.34. The van der Waals surface area contributed by atoms with Crippen LogP contribution in [0.4, 0.5) is 0 Å². The molecule has 0 saturated carbocycles. The third-order valence-electron chi connectivity index (χ3n) is 4.53. The minimum Gasteiger partial charge on any atom is -0.497 e. The van der Waals surface area contributed by atoms with Gasteiger partial charge in [0.1, 0.15) is 11.8 Å². The SMILES string of the molecule is COc1ccc(CN(C(=O)c2csnn2)[C@@H](C(=O)NC(C)(C)C)c2ccccc2)cc1. The summed E-state index contributed by atoms with van der Waals surface area (Å²) in [4.78, 5) is 28.4. The van der Waals surface area contributed by atoms with E-state index in [4.69, 9.17) is 4.74 Å². The number of methoxy groups -OCH3 is 1. The third kappa shape index (κ3) is 5.88. The van der Waals surface area contributed by atoms with E-state index in [1.807, 2.05) is 75.4 Å². The van der Waals surface area contributed by atoms with Gasteiger partial charge in [-0.1, -0.05) is 47.0 Å². The summed E-state index contributed by atoms with van der Waals surface area (Å²) in [6.07, 6.45) is 0. The number of carbonyl (C=O) groups is 2. The van der Waals surface area contributed by atoms with E-state index in [0.717, 1.165) is 22.8 Å². The van der Waals surface area contributed by atoms with E-state index in [9.17, 15) is 9.59 Å². The van der Waals surface area contributed by atoms with E-state index in [1.54, 1.807) is 12.5 Å². The Balaban J connectivity index is 2.04. The second kappa shape index (κ2) is 9.70. The minimum atomic E-state index is -0.836. The Hall–Kier alpha value is -3.26. The van der Waals surface area contributed by atoms with Crippen LogP contribution >= 0.6 is 11.5 Å². The summed E-state index contributed by atoms with van der Waals surface area (Å²) < 4.78 is 9.05. The zero-order chi connectivity index (χ0) is 22.4. The van der Waals surface area contributed by atoms with E-state index in [2.05, 4.69) is 14.9 Å². The molecule has 1 atom stereocenters. The van der Waals surface area contributed by atoms with Crippen LogP contribution < -0.4 is 10.1 Å². The normalized spacial score (nSPS) is 12.1. The summed E-state index contributed by atoms with van der Waals surface area (Å²) in [7, 11) is 1.60. The molecule has 2 aromatic carbocycles. The van der Waals surface area contributed by atoms with Crippen molar-refractivity contribution in [3.05, 3.63) is 76.8 Å². The molecule has 3 aromatic rings. The Morgan fingerprint density at radius 1 is 1.10 bits per heavy atom. The molecule has 0 aliphatic rings. The minimum absolute atomic E-state index is 0.211. The first-order valence-corrected chi connectivity index (χ1v) is 10.7. The topological polar surface area (TPSA) is 84.4 Å². The van der Waals surface area contributed by atoms with Gasteiger partial charge in [-0.2, -0.15) is 0 Å². The predicted octanol–water partition coefficient (Wildman–Crippen LogP) is 3.85. The van der Waals surface area contributed by atoms with Gasteiger partial charge in [0.25, 0.3) is 5.91 Å². The number of ether oxygens (including phenoxy) is 1. The van der Waals surface area contributed by atoms with E-state index in [0.29, 0.717) is 5.56 Å². The molecule has 162 valence electrons. The molecule has 1 N–H and O–H groups in total. The van der Waals surface area contributed by atoms with E-state index in [-0.39, 0.29) is 24.1 Å². The highest BCUT2D eigenvalue weighted by Crippen LogP contribution is 2.27. The molecule has 3 rings (SSSR count). The number of hydrogen-bond acceptors (Lipinski definition) is 6. The van der Waals surface area contributed by atoms with Crippen LogP contribution in [0.25, 0.3) is 0 Å². The van der Waals surface area contributed by atoms with Gasteiger partial charge in [-0.05, 0) is 55.6 Å². The summed E-state index contributed by atoms with van der Waals surface area (Å²) >= 11 is 1.10. The van der Waals surface area contributed by atoms with Crippen LogP contribution in [0.1, 0.15) is 48.4 Å². The fourth-order valence-electron chi connectivity index (χ4n) is 3.16. The number of nitrogens with one attached hydrogen (secondary N) is 1. The number of aromatic nitrogens is 2. The van der Waals surface area contributed by atoms with Crippen molar-refractivity contribution in [1.82, 2.24) is 19.8 Å². The van der Waals surface area contributed by atoms with Crippen LogP contribution in [-0.4, -0.2) is 38.9 Å². The molecule has 0 radical (unpaired) electrons. The lowest BCUT2D eigenvalue weighted by molar-refractivity contribution is -0.127. The van der Waals surface area contributed by atoms with Crippen LogP contribution in [0.5, 0.6) is 5.75 Å². The van der Waals surface area contributed by atoms with E-state index in [1.165, 1.54) is 4.90 Å². The summed E-state index contributed by atoms with van der Waals surface area (Å²) in [6, 6.07) is 15.9. The average molecular weight is 439 g/mol. The summed E-state index contributed by atoms with van der Waals surface area (Å²) in [5.74, 6) is 0.0987. The molecule has 8 heteroatoms. The van der Waals surface area contributed by atoms with Crippen molar-refractivity contribution in [2.24, 2.45) is 0 Å². The summed E-state index contributed by atoms with van der Waals surface area (Å²) in [5.41, 5.74) is 1.33. The van der Waals surface area contributed by atoms with Crippen LogP contribution in [0.3, 0.4) is 0 Å². The highest BCUT2D eigenvalue weighted by molar-refractivity contribution is 7.03. The van der Waals surface area contributed by atoms with Crippen LogP contribution in [-0.2, 0) is 11.3 Å². The second-order valence-electron chi connectivity index (χ2n) is 8.12. The van der Waals surface area contributed by atoms with Crippen molar-refractivity contribution in [2.75, 3.05) is 7.11 Å². The van der Waals surface area contributed by atoms with Crippen molar-refractivity contribution in [3.8, 4) is 5.75 Å². The predicted molar refractivity (Wildman–Crippen MR) is 120 cm³/mol. The number of amides is 2. The highest BCUT2D eigenvalue weighted by atomic mass is 32.1. The molecule has 0 aliphatic heterocycles. The van der Waals surface area contributed by atoms with Crippen LogP contribution in [0, 0.1) is 0 Å². The first kappa shape index (κ1) is 22.4. The fraction of sp³-hybridized carbons (Fsp3) is 0.304. The maximum absolute atomic E-state index is 13.4. The van der Waals surface area contributed by atoms with Crippen molar-refractivity contribution in [2.45, 2.75) is 38.9 Å². The number of nitrogens with zero attached hydrogens (tertiary/aromatic N) is 3. The zero-order valence-corrected chi connectivity index (χ0v) is 18.8.